The minimum Gasteiger partial charge on any atom is -0.494 e. The minimum absolute atomic E-state index is 0.103. The van der Waals surface area contributed by atoms with Gasteiger partial charge in [-0.25, -0.2) is 13.6 Å². The van der Waals surface area contributed by atoms with Crippen molar-refractivity contribution in [2.75, 3.05) is 6.61 Å². The maximum absolute atomic E-state index is 11.3. The van der Waals surface area contributed by atoms with Crippen LogP contribution in [0.5, 0.6) is 5.75 Å². The Morgan fingerprint density at radius 3 is 2.56 bits per heavy atom. The Labute approximate surface area is 108 Å². The van der Waals surface area contributed by atoms with Crippen molar-refractivity contribution in [3.05, 3.63) is 23.8 Å². The Bertz CT molecular complexity index is 498. The maximum atomic E-state index is 11.3. The van der Waals surface area contributed by atoms with E-state index in [0.717, 1.165) is 5.56 Å². The lowest BCUT2D eigenvalue weighted by Crippen LogP contribution is -2.22. The molecule has 0 spiro atoms. The molecule has 1 rings (SSSR count). The van der Waals surface area contributed by atoms with Gasteiger partial charge in [0.25, 0.3) is 0 Å². The Morgan fingerprint density at radius 1 is 1.39 bits per heavy atom. The van der Waals surface area contributed by atoms with Gasteiger partial charge in [0.15, 0.2) is 0 Å². The van der Waals surface area contributed by atoms with Crippen LogP contribution in [0.4, 0.5) is 0 Å². The number of hydrogen-bond donors (Lipinski definition) is 2. The van der Waals surface area contributed by atoms with Gasteiger partial charge in [-0.3, -0.25) is 0 Å². The predicted molar refractivity (Wildman–Crippen MR) is 71.0 cm³/mol. The molecule has 0 amide bonds. The van der Waals surface area contributed by atoms with E-state index in [1.165, 1.54) is 6.07 Å². The molecular weight excluding hydrogens is 252 g/mol. The SMILES string of the molecule is CCOc1ccc(S(N)(=O)=O)cc1CNC(C)C. The van der Waals surface area contributed by atoms with Gasteiger partial charge in [0, 0.05) is 18.2 Å². The van der Waals surface area contributed by atoms with Crippen LogP contribution >= 0.6 is 0 Å². The van der Waals surface area contributed by atoms with Crippen molar-refractivity contribution in [2.24, 2.45) is 5.14 Å². The molecule has 1 aromatic rings. The van der Waals surface area contributed by atoms with E-state index in [4.69, 9.17) is 9.88 Å². The quantitative estimate of drug-likeness (QED) is 0.816. The first-order chi connectivity index (χ1) is 8.34. The van der Waals surface area contributed by atoms with Crippen molar-refractivity contribution in [3.63, 3.8) is 0 Å². The molecule has 0 aliphatic heterocycles. The number of ether oxygens (including phenoxy) is 1. The molecule has 0 saturated carbocycles. The van der Waals surface area contributed by atoms with E-state index in [0.29, 0.717) is 24.9 Å². The fraction of sp³-hybridized carbons (Fsp3) is 0.500. The number of hydrogen-bond acceptors (Lipinski definition) is 4. The second-order valence-electron chi connectivity index (χ2n) is 4.28. The summed E-state index contributed by atoms with van der Waals surface area (Å²) in [5, 5.41) is 8.34. The lowest BCUT2D eigenvalue weighted by Gasteiger charge is -2.14. The zero-order valence-electron chi connectivity index (χ0n) is 10.9. The zero-order valence-corrected chi connectivity index (χ0v) is 11.8. The average Bonchev–Trinajstić information content (AvgIpc) is 2.26. The highest BCUT2D eigenvalue weighted by Gasteiger charge is 2.12. The summed E-state index contributed by atoms with van der Waals surface area (Å²) in [6.45, 7) is 6.99. The Kier molecular flexibility index (Phi) is 5.13. The molecule has 1 aromatic carbocycles. The topological polar surface area (TPSA) is 81.4 Å². The molecule has 6 heteroatoms. The molecule has 0 bridgehead atoms. The highest BCUT2D eigenvalue weighted by molar-refractivity contribution is 7.89. The first-order valence-corrected chi connectivity index (χ1v) is 7.41. The molecule has 0 heterocycles. The van der Waals surface area contributed by atoms with Crippen LogP contribution in [0, 0.1) is 0 Å². The van der Waals surface area contributed by atoms with Gasteiger partial charge in [0.2, 0.25) is 10.0 Å². The van der Waals surface area contributed by atoms with Gasteiger partial charge < -0.3 is 10.1 Å². The molecule has 0 fully saturated rings. The molecule has 0 aromatic heterocycles. The molecule has 0 saturated heterocycles. The normalized spacial score (nSPS) is 11.8. The van der Waals surface area contributed by atoms with Crippen LogP contribution < -0.4 is 15.2 Å². The summed E-state index contributed by atoms with van der Waals surface area (Å²) in [4.78, 5) is 0.103. The summed E-state index contributed by atoms with van der Waals surface area (Å²) in [6.07, 6.45) is 0. The van der Waals surface area contributed by atoms with Crippen molar-refractivity contribution >= 4 is 10.0 Å². The third kappa shape index (κ3) is 4.29. The van der Waals surface area contributed by atoms with E-state index < -0.39 is 10.0 Å². The van der Waals surface area contributed by atoms with Crippen molar-refractivity contribution in [1.82, 2.24) is 5.32 Å². The second kappa shape index (κ2) is 6.17. The molecule has 0 unspecified atom stereocenters. The number of benzene rings is 1. The summed E-state index contributed by atoms with van der Waals surface area (Å²) in [6, 6.07) is 4.95. The molecule has 3 N–H and O–H groups in total. The van der Waals surface area contributed by atoms with Gasteiger partial charge in [-0.2, -0.15) is 0 Å². The van der Waals surface area contributed by atoms with Crippen LogP contribution in [-0.2, 0) is 16.6 Å². The van der Waals surface area contributed by atoms with Crippen LogP contribution in [0.25, 0.3) is 0 Å². The first-order valence-electron chi connectivity index (χ1n) is 5.86. The van der Waals surface area contributed by atoms with E-state index in [-0.39, 0.29) is 4.90 Å². The van der Waals surface area contributed by atoms with Gasteiger partial charge in [-0.15, -0.1) is 0 Å². The summed E-state index contributed by atoms with van der Waals surface area (Å²) >= 11 is 0. The van der Waals surface area contributed by atoms with E-state index in [2.05, 4.69) is 5.32 Å². The fourth-order valence-corrected chi connectivity index (χ4v) is 2.05. The predicted octanol–water partition coefficient (Wildman–Crippen LogP) is 1.23. The summed E-state index contributed by atoms with van der Waals surface area (Å²) in [5.41, 5.74) is 0.789. The van der Waals surface area contributed by atoms with Crippen molar-refractivity contribution in [2.45, 2.75) is 38.3 Å². The second-order valence-corrected chi connectivity index (χ2v) is 5.84. The Balaban J connectivity index is 3.07. The zero-order chi connectivity index (χ0) is 13.8. The summed E-state index contributed by atoms with van der Waals surface area (Å²) < 4.78 is 28.1. The smallest absolute Gasteiger partial charge is 0.238 e. The van der Waals surface area contributed by atoms with Crippen LogP contribution in [0.15, 0.2) is 23.1 Å². The highest BCUT2D eigenvalue weighted by atomic mass is 32.2. The Hall–Kier alpha value is -1.11. The minimum atomic E-state index is -3.68. The molecule has 0 radical (unpaired) electrons. The average molecular weight is 272 g/mol. The van der Waals surface area contributed by atoms with Crippen LogP contribution in [-0.4, -0.2) is 21.1 Å². The van der Waals surface area contributed by atoms with E-state index in [1.807, 2.05) is 20.8 Å². The van der Waals surface area contributed by atoms with Gasteiger partial charge in [0.1, 0.15) is 5.75 Å². The lowest BCUT2D eigenvalue weighted by atomic mass is 10.2. The number of nitrogens with two attached hydrogens (primary N) is 1. The lowest BCUT2D eigenvalue weighted by molar-refractivity contribution is 0.334. The number of primary sulfonamides is 1. The van der Waals surface area contributed by atoms with Crippen LogP contribution in [0.1, 0.15) is 26.3 Å². The van der Waals surface area contributed by atoms with Gasteiger partial charge in [-0.1, -0.05) is 13.8 Å². The van der Waals surface area contributed by atoms with Crippen molar-refractivity contribution in [1.29, 1.82) is 0 Å². The fourth-order valence-electron chi connectivity index (χ4n) is 1.48. The number of nitrogens with one attached hydrogen (secondary N) is 1. The number of sulfonamides is 1. The van der Waals surface area contributed by atoms with Crippen LogP contribution in [0.2, 0.25) is 0 Å². The Morgan fingerprint density at radius 2 is 2.06 bits per heavy atom. The molecule has 0 aliphatic carbocycles. The third-order valence-corrected chi connectivity index (χ3v) is 3.27. The monoisotopic (exact) mass is 272 g/mol. The van der Waals surface area contributed by atoms with Gasteiger partial charge in [0.05, 0.1) is 11.5 Å². The molecule has 0 aliphatic rings. The molecule has 5 nitrogen and oxygen atoms in total. The summed E-state index contributed by atoms with van der Waals surface area (Å²) in [7, 11) is -3.68. The largest absolute Gasteiger partial charge is 0.494 e. The van der Waals surface area contributed by atoms with Crippen molar-refractivity contribution < 1.29 is 13.2 Å². The van der Waals surface area contributed by atoms with Gasteiger partial charge in [-0.05, 0) is 25.1 Å². The molecular formula is C12H20N2O3S. The van der Waals surface area contributed by atoms with Gasteiger partial charge >= 0.3 is 0 Å². The van der Waals surface area contributed by atoms with Crippen LogP contribution in [0.3, 0.4) is 0 Å². The first kappa shape index (κ1) is 14.9. The maximum Gasteiger partial charge on any atom is 0.238 e. The van der Waals surface area contributed by atoms with E-state index in [1.54, 1.807) is 12.1 Å². The summed E-state index contributed by atoms with van der Waals surface area (Å²) in [5.74, 6) is 0.679. The molecule has 102 valence electrons. The molecule has 0 atom stereocenters. The standard InChI is InChI=1S/C12H20N2O3S/c1-4-17-12-6-5-11(18(13,15)16)7-10(12)8-14-9(2)3/h5-7,9,14H,4,8H2,1-3H3,(H2,13,15,16). The van der Waals surface area contributed by atoms with E-state index >= 15 is 0 Å². The highest BCUT2D eigenvalue weighted by Crippen LogP contribution is 2.22. The number of rotatable bonds is 6. The molecule has 18 heavy (non-hydrogen) atoms. The third-order valence-electron chi connectivity index (χ3n) is 2.36. The van der Waals surface area contributed by atoms with E-state index in [9.17, 15) is 8.42 Å². The van der Waals surface area contributed by atoms with Crippen molar-refractivity contribution in [3.8, 4) is 5.75 Å².